The van der Waals surface area contributed by atoms with Gasteiger partial charge in [-0.05, 0) is 31.4 Å². The van der Waals surface area contributed by atoms with Crippen molar-refractivity contribution in [1.29, 1.82) is 0 Å². The lowest BCUT2D eigenvalue weighted by atomic mass is 10.1. The monoisotopic (exact) mass is 173 g/mol. The fraction of sp³-hybridized carbons (Fsp3) is 0.182. The van der Waals surface area contributed by atoms with Gasteiger partial charge in [0.2, 0.25) is 0 Å². The molecule has 0 heterocycles. The summed E-state index contributed by atoms with van der Waals surface area (Å²) in [5.74, 6) is 4.43. The van der Waals surface area contributed by atoms with Crippen LogP contribution in [0.15, 0.2) is 18.2 Å². The molecule has 0 aliphatic carbocycles. The van der Waals surface area contributed by atoms with Crippen LogP contribution in [0.3, 0.4) is 0 Å². The first-order valence-electron chi connectivity index (χ1n) is 3.98. The van der Waals surface area contributed by atoms with E-state index in [0.717, 1.165) is 11.1 Å². The van der Waals surface area contributed by atoms with Crippen LogP contribution < -0.4 is 5.73 Å². The molecule has 0 bridgehead atoms. The smallest absolute Gasteiger partial charge is 0.293 e. The molecule has 2 N–H and O–H groups in total. The van der Waals surface area contributed by atoms with Gasteiger partial charge in [-0.1, -0.05) is 23.6 Å². The van der Waals surface area contributed by atoms with Crippen LogP contribution >= 0.6 is 0 Å². The van der Waals surface area contributed by atoms with Gasteiger partial charge in [-0.15, -0.1) is 0 Å². The van der Waals surface area contributed by atoms with Crippen molar-refractivity contribution >= 4 is 5.91 Å². The highest BCUT2D eigenvalue weighted by atomic mass is 16.1. The molecule has 1 aromatic rings. The Morgan fingerprint density at radius 3 is 2.62 bits per heavy atom. The van der Waals surface area contributed by atoms with Crippen LogP contribution in [-0.2, 0) is 4.79 Å². The highest BCUT2D eigenvalue weighted by Gasteiger charge is 1.93. The lowest BCUT2D eigenvalue weighted by Gasteiger charge is -1.98. The quantitative estimate of drug-likeness (QED) is 0.587. The van der Waals surface area contributed by atoms with E-state index in [1.54, 1.807) is 0 Å². The molecular formula is C11H11NO. The number of rotatable bonds is 0. The number of carbonyl (C=O) groups is 1. The molecular weight excluding hydrogens is 162 g/mol. The third kappa shape index (κ3) is 2.64. The van der Waals surface area contributed by atoms with Crippen molar-refractivity contribution in [3.8, 4) is 11.8 Å². The minimum Gasteiger partial charge on any atom is -0.359 e. The van der Waals surface area contributed by atoms with E-state index in [4.69, 9.17) is 5.73 Å². The van der Waals surface area contributed by atoms with Crippen molar-refractivity contribution in [2.45, 2.75) is 13.8 Å². The Balaban J connectivity index is 3.05. The Labute approximate surface area is 77.8 Å². The molecule has 0 aromatic heterocycles. The van der Waals surface area contributed by atoms with Gasteiger partial charge in [0, 0.05) is 5.56 Å². The van der Waals surface area contributed by atoms with E-state index in [0.29, 0.717) is 0 Å². The second-order valence-electron chi connectivity index (χ2n) is 2.93. The van der Waals surface area contributed by atoms with Crippen LogP contribution in [0.2, 0.25) is 0 Å². The first-order chi connectivity index (χ1) is 6.09. The predicted octanol–water partition coefficient (Wildman–Crippen LogP) is 1.14. The summed E-state index contributed by atoms with van der Waals surface area (Å²) in [5.41, 5.74) is 8.01. The van der Waals surface area contributed by atoms with Crippen LogP contribution in [0.5, 0.6) is 0 Å². The number of aryl methyl sites for hydroxylation is 2. The van der Waals surface area contributed by atoms with Crippen molar-refractivity contribution < 1.29 is 4.79 Å². The van der Waals surface area contributed by atoms with Gasteiger partial charge in [0.1, 0.15) is 0 Å². The first kappa shape index (κ1) is 9.34. The average Bonchev–Trinajstić information content (AvgIpc) is 2.02. The lowest BCUT2D eigenvalue weighted by molar-refractivity contribution is -0.112. The molecule has 0 saturated heterocycles. The summed E-state index contributed by atoms with van der Waals surface area (Å²) in [5, 5.41) is 0. The van der Waals surface area contributed by atoms with Crippen LogP contribution in [0.25, 0.3) is 0 Å². The maximum atomic E-state index is 10.4. The van der Waals surface area contributed by atoms with Gasteiger partial charge in [0.05, 0.1) is 0 Å². The van der Waals surface area contributed by atoms with Crippen LogP contribution in [0.1, 0.15) is 16.7 Å². The zero-order valence-corrected chi connectivity index (χ0v) is 7.72. The number of amides is 1. The van der Waals surface area contributed by atoms with E-state index in [-0.39, 0.29) is 0 Å². The molecule has 13 heavy (non-hydrogen) atoms. The Bertz CT molecular complexity index is 396. The Hall–Kier alpha value is -1.75. The third-order valence-corrected chi connectivity index (χ3v) is 1.70. The fourth-order valence-electron chi connectivity index (χ4n) is 1.08. The van der Waals surface area contributed by atoms with Crippen molar-refractivity contribution in [3.63, 3.8) is 0 Å². The van der Waals surface area contributed by atoms with E-state index in [9.17, 15) is 4.79 Å². The van der Waals surface area contributed by atoms with Crippen molar-refractivity contribution in [2.24, 2.45) is 5.73 Å². The summed E-state index contributed by atoms with van der Waals surface area (Å²) in [4.78, 5) is 10.4. The highest BCUT2D eigenvalue weighted by molar-refractivity contribution is 5.92. The van der Waals surface area contributed by atoms with Crippen LogP contribution in [0, 0.1) is 25.7 Å². The number of benzene rings is 1. The molecule has 0 saturated carbocycles. The number of hydrogen-bond acceptors (Lipinski definition) is 1. The molecule has 2 nitrogen and oxygen atoms in total. The summed E-state index contributed by atoms with van der Waals surface area (Å²) in [6, 6.07) is 5.86. The van der Waals surface area contributed by atoms with E-state index < -0.39 is 5.91 Å². The summed E-state index contributed by atoms with van der Waals surface area (Å²) in [6.07, 6.45) is 0. The van der Waals surface area contributed by atoms with Gasteiger partial charge in [-0.25, -0.2) is 0 Å². The molecule has 0 unspecified atom stereocenters. The van der Waals surface area contributed by atoms with E-state index in [1.807, 2.05) is 32.0 Å². The Morgan fingerprint density at radius 1 is 1.38 bits per heavy atom. The minimum atomic E-state index is -0.597. The molecule has 0 aliphatic heterocycles. The SMILES string of the molecule is Cc1ccc(C#CC(N)=O)c(C)c1. The predicted molar refractivity (Wildman–Crippen MR) is 52.0 cm³/mol. The van der Waals surface area contributed by atoms with Gasteiger partial charge in [-0.2, -0.15) is 0 Å². The molecule has 1 aromatic carbocycles. The molecule has 2 heteroatoms. The molecule has 1 rings (SSSR count). The minimum absolute atomic E-state index is 0.597. The molecule has 1 amide bonds. The Kier molecular flexibility index (Phi) is 2.71. The fourth-order valence-corrected chi connectivity index (χ4v) is 1.08. The number of carbonyl (C=O) groups excluding carboxylic acids is 1. The van der Waals surface area contributed by atoms with E-state index >= 15 is 0 Å². The molecule has 0 atom stereocenters. The van der Waals surface area contributed by atoms with Crippen LogP contribution in [-0.4, -0.2) is 5.91 Å². The zero-order valence-electron chi connectivity index (χ0n) is 7.72. The standard InChI is InChI=1S/C11H11NO/c1-8-3-4-10(9(2)7-8)5-6-11(12)13/h3-4,7H,1-2H3,(H2,12,13). The van der Waals surface area contributed by atoms with Crippen molar-refractivity contribution in [2.75, 3.05) is 0 Å². The number of hydrogen-bond donors (Lipinski definition) is 1. The highest BCUT2D eigenvalue weighted by Crippen LogP contribution is 2.08. The van der Waals surface area contributed by atoms with Gasteiger partial charge < -0.3 is 5.73 Å². The van der Waals surface area contributed by atoms with Gasteiger partial charge in [0.25, 0.3) is 5.91 Å². The second-order valence-corrected chi connectivity index (χ2v) is 2.93. The maximum absolute atomic E-state index is 10.4. The van der Waals surface area contributed by atoms with Gasteiger partial charge >= 0.3 is 0 Å². The maximum Gasteiger partial charge on any atom is 0.293 e. The number of primary amides is 1. The van der Waals surface area contributed by atoms with E-state index in [2.05, 4.69) is 11.8 Å². The topological polar surface area (TPSA) is 43.1 Å². The number of nitrogens with two attached hydrogens (primary N) is 1. The Morgan fingerprint density at radius 2 is 2.08 bits per heavy atom. The molecule has 0 aliphatic rings. The van der Waals surface area contributed by atoms with Gasteiger partial charge in [-0.3, -0.25) is 4.79 Å². The average molecular weight is 173 g/mol. The molecule has 66 valence electrons. The summed E-state index contributed by atoms with van der Waals surface area (Å²) >= 11 is 0. The lowest BCUT2D eigenvalue weighted by Crippen LogP contribution is -2.06. The third-order valence-electron chi connectivity index (χ3n) is 1.70. The first-order valence-corrected chi connectivity index (χ1v) is 3.98. The second kappa shape index (κ2) is 3.77. The molecule has 0 fully saturated rings. The largest absolute Gasteiger partial charge is 0.359 e. The van der Waals surface area contributed by atoms with Gasteiger partial charge in [0.15, 0.2) is 0 Å². The van der Waals surface area contributed by atoms with Crippen molar-refractivity contribution in [3.05, 3.63) is 34.9 Å². The molecule has 0 radical (unpaired) electrons. The normalized spacial score (nSPS) is 8.77. The summed E-state index contributed by atoms with van der Waals surface area (Å²) in [6.45, 7) is 3.97. The van der Waals surface area contributed by atoms with Crippen molar-refractivity contribution in [1.82, 2.24) is 0 Å². The van der Waals surface area contributed by atoms with Crippen LogP contribution in [0.4, 0.5) is 0 Å². The van der Waals surface area contributed by atoms with E-state index in [1.165, 1.54) is 5.56 Å². The summed E-state index contributed by atoms with van der Waals surface area (Å²) < 4.78 is 0. The zero-order chi connectivity index (χ0) is 9.84. The molecule has 0 spiro atoms. The summed E-state index contributed by atoms with van der Waals surface area (Å²) in [7, 11) is 0.